The highest BCUT2D eigenvalue weighted by atomic mass is 16.2. The first-order valence-electron chi connectivity index (χ1n) is 6.25. The molecule has 0 saturated carbocycles. The lowest BCUT2D eigenvalue weighted by molar-refractivity contribution is -0.128. The van der Waals surface area contributed by atoms with Gasteiger partial charge >= 0.3 is 0 Å². The molecule has 0 aliphatic rings. The Morgan fingerprint density at radius 3 is 2.18 bits per heavy atom. The number of nitrogens with one attached hydrogen (secondary N) is 2. The molecule has 0 heterocycles. The maximum Gasteiger partial charge on any atom is 0.225 e. The summed E-state index contributed by atoms with van der Waals surface area (Å²) in [4.78, 5) is 22.7. The van der Waals surface area contributed by atoms with Gasteiger partial charge in [0, 0.05) is 12.0 Å². The molecule has 17 heavy (non-hydrogen) atoms. The number of Topliss-reactive ketones (excluding diaryl/α,β-unsaturated/α-hetero) is 1. The van der Waals surface area contributed by atoms with Gasteiger partial charge < -0.3 is 10.6 Å². The minimum absolute atomic E-state index is 0.0479. The van der Waals surface area contributed by atoms with Crippen molar-refractivity contribution >= 4 is 11.7 Å². The first-order valence-corrected chi connectivity index (χ1v) is 6.25. The lowest BCUT2D eigenvalue weighted by Crippen LogP contribution is -2.35. The summed E-state index contributed by atoms with van der Waals surface area (Å²) in [6.45, 7) is 7.98. The van der Waals surface area contributed by atoms with Gasteiger partial charge in [-0.1, -0.05) is 20.8 Å². The van der Waals surface area contributed by atoms with Crippen molar-refractivity contribution in [2.75, 3.05) is 13.6 Å². The highest BCUT2D eigenvalue weighted by molar-refractivity contribution is 5.81. The van der Waals surface area contributed by atoms with E-state index in [-0.39, 0.29) is 23.1 Å². The number of hydrogen-bond acceptors (Lipinski definition) is 3. The third-order valence-corrected chi connectivity index (χ3v) is 2.73. The maximum atomic E-state index is 11.5. The molecule has 4 nitrogen and oxygen atoms in total. The molecule has 1 amide bonds. The maximum absolute atomic E-state index is 11.5. The van der Waals surface area contributed by atoms with Crippen LogP contribution in [0.25, 0.3) is 0 Å². The molecule has 0 aromatic carbocycles. The molecule has 0 spiro atoms. The van der Waals surface area contributed by atoms with Gasteiger partial charge in [-0.2, -0.15) is 0 Å². The Kier molecular flexibility index (Phi) is 7.04. The van der Waals surface area contributed by atoms with E-state index in [0.717, 1.165) is 19.3 Å². The summed E-state index contributed by atoms with van der Waals surface area (Å²) in [5.74, 6) is 0.250. The molecule has 0 fully saturated rings. The smallest absolute Gasteiger partial charge is 0.225 e. The van der Waals surface area contributed by atoms with Crippen molar-refractivity contribution in [3.63, 3.8) is 0 Å². The van der Waals surface area contributed by atoms with E-state index in [4.69, 9.17) is 0 Å². The number of carbonyl (C=O) groups is 2. The van der Waals surface area contributed by atoms with Crippen LogP contribution < -0.4 is 10.6 Å². The third-order valence-electron chi connectivity index (χ3n) is 2.73. The van der Waals surface area contributed by atoms with Crippen LogP contribution in [0.15, 0.2) is 0 Å². The SMILES string of the molecule is CNC(CCCCNC(=O)C(C)(C)C)C(C)=O. The van der Waals surface area contributed by atoms with Crippen LogP contribution in [0.1, 0.15) is 47.0 Å². The van der Waals surface area contributed by atoms with E-state index in [9.17, 15) is 9.59 Å². The van der Waals surface area contributed by atoms with Crippen molar-refractivity contribution in [1.82, 2.24) is 10.6 Å². The second kappa shape index (κ2) is 7.43. The van der Waals surface area contributed by atoms with Gasteiger partial charge in [-0.3, -0.25) is 9.59 Å². The molecular formula is C13H26N2O2. The second-order valence-corrected chi connectivity index (χ2v) is 5.45. The Morgan fingerprint density at radius 2 is 1.76 bits per heavy atom. The predicted octanol–water partition coefficient (Wildman–Crippen LogP) is 1.50. The molecule has 0 aliphatic heterocycles. The molecule has 2 N–H and O–H groups in total. The van der Waals surface area contributed by atoms with Crippen LogP contribution in [0.5, 0.6) is 0 Å². The monoisotopic (exact) mass is 242 g/mol. The lowest BCUT2D eigenvalue weighted by atomic mass is 9.95. The van der Waals surface area contributed by atoms with Gasteiger partial charge in [0.15, 0.2) is 0 Å². The molecule has 0 rings (SSSR count). The summed E-state index contributed by atoms with van der Waals surface area (Å²) in [5.41, 5.74) is -0.326. The van der Waals surface area contributed by atoms with Crippen molar-refractivity contribution in [1.29, 1.82) is 0 Å². The van der Waals surface area contributed by atoms with Gasteiger partial charge in [-0.05, 0) is 33.2 Å². The normalized spacial score (nSPS) is 13.2. The van der Waals surface area contributed by atoms with E-state index < -0.39 is 0 Å². The Balaban J connectivity index is 3.66. The molecular weight excluding hydrogens is 216 g/mol. The first-order chi connectivity index (χ1) is 7.79. The number of amides is 1. The fourth-order valence-corrected chi connectivity index (χ4v) is 1.49. The van der Waals surface area contributed by atoms with Crippen molar-refractivity contribution < 1.29 is 9.59 Å². The fraction of sp³-hybridized carbons (Fsp3) is 0.846. The fourth-order valence-electron chi connectivity index (χ4n) is 1.49. The van der Waals surface area contributed by atoms with Gasteiger partial charge in [0.25, 0.3) is 0 Å². The highest BCUT2D eigenvalue weighted by Gasteiger charge is 2.20. The molecule has 0 saturated heterocycles. The lowest BCUT2D eigenvalue weighted by Gasteiger charge is -2.18. The summed E-state index contributed by atoms with van der Waals surface area (Å²) in [6, 6.07) is -0.0479. The second-order valence-electron chi connectivity index (χ2n) is 5.45. The molecule has 0 radical (unpaired) electrons. The average Bonchev–Trinajstić information content (AvgIpc) is 2.20. The van der Waals surface area contributed by atoms with E-state index in [1.807, 2.05) is 20.8 Å². The van der Waals surface area contributed by atoms with Crippen LogP contribution in [0.4, 0.5) is 0 Å². The number of rotatable bonds is 7. The first kappa shape index (κ1) is 16.1. The Labute approximate surface area is 105 Å². The quantitative estimate of drug-likeness (QED) is 0.665. The Bertz CT molecular complexity index is 257. The van der Waals surface area contributed by atoms with E-state index in [1.165, 1.54) is 0 Å². The summed E-state index contributed by atoms with van der Waals surface area (Å²) in [5, 5.41) is 5.89. The summed E-state index contributed by atoms with van der Waals surface area (Å²) in [6.07, 6.45) is 2.68. The zero-order valence-corrected chi connectivity index (χ0v) is 11.7. The minimum Gasteiger partial charge on any atom is -0.356 e. The zero-order chi connectivity index (χ0) is 13.5. The molecule has 0 aromatic rings. The van der Waals surface area contributed by atoms with Crippen molar-refractivity contribution in [3.05, 3.63) is 0 Å². The number of hydrogen-bond donors (Lipinski definition) is 2. The van der Waals surface area contributed by atoms with E-state index >= 15 is 0 Å². The standard InChI is InChI=1S/C13H26N2O2/c1-10(16)11(14-5)8-6-7-9-15-12(17)13(2,3)4/h11,14H,6-9H2,1-5H3,(H,15,17). The van der Waals surface area contributed by atoms with Gasteiger partial charge in [0.2, 0.25) is 5.91 Å². The molecule has 4 heteroatoms. The van der Waals surface area contributed by atoms with Gasteiger partial charge in [-0.25, -0.2) is 0 Å². The Morgan fingerprint density at radius 1 is 1.18 bits per heavy atom. The molecule has 0 aliphatic carbocycles. The van der Waals surface area contributed by atoms with E-state index in [0.29, 0.717) is 6.54 Å². The summed E-state index contributed by atoms with van der Waals surface area (Å²) < 4.78 is 0. The summed E-state index contributed by atoms with van der Waals surface area (Å²) in [7, 11) is 1.80. The third kappa shape index (κ3) is 7.10. The highest BCUT2D eigenvalue weighted by Crippen LogP contribution is 2.12. The predicted molar refractivity (Wildman–Crippen MR) is 69.8 cm³/mol. The van der Waals surface area contributed by atoms with Crippen LogP contribution in [-0.4, -0.2) is 31.3 Å². The van der Waals surface area contributed by atoms with E-state index in [1.54, 1.807) is 14.0 Å². The number of unbranched alkanes of at least 4 members (excludes halogenated alkanes) is 1. The van der Waals surface area contributed by atoms with Gasteiger partial charge in [0.05, 0.1) is 6.04 Å². The Hall–Kier alpha value is -0.900. The van der Waals surface area contributed by atoms with Crippen LogP contribution in [0, 0.1) is 5.41 Å². The van der Waals surface area contributed by atoms with Crippen LogP contribution in [0.2, 0.25) is 0 Å². The zero-order valence-electron chi connectivity index (χ0n) is 11.7. The molecule has 0 aromatic heterocycles. The van der Waals surface area contributed by atoms with Crippen molar-refractivity contribution in [3.8, 4) is 0 Å². The molecule has 100 valence electrons. The topological polar surface area (TPSA) is 58.2 Å². The average molecular weight is 242 g/mol. The van der Waals surface area contributed by atoms with E-state index in [2.05, 4.69) is 10.6 Å². The molecule has 1 atom stereocenters. The van der Waals surface area contributed by atoms with Gasteiger partial charge in [-0.15, -0.1) is 0 Å². The van der Waals surface area contributed by atoms with Gasteiger partial charge in [0.1, 0.15) is 5.78 Å². The summed E-state index contributed by atoms with van der Waals surface area (Å²) >= 11 is 0. The van der Waals surface area contributed by atoms with Crippen molar-refractivity contribution in [2.45, 2.75) is 53.0 Å². The van der Waals surface area contributed by atoms with Crippen LogP contribution >= 0.6 is 0 Å². The van der Waals surface area contributed by atoms with Crippen LogP contribution in [0.3, 0.4) is 0 Å². The molecule has 1 unspecified atom stereocenters. The number of carbonyl (C=O) groups excluding carboxylic acids is 2. The number of likely N-dealkylation sites (N-methyl/N-ethyl adjacent to an activating group) is 1. The largest absolute Gasteiger partial charge is 0.356 e. The molecule has 0 bridgehead atoms. The number of ketones is 1. The van der Waals surface area contributed by atoms with Crippen molar-refractivity contribution in [2.24, 2.45) is 5.41 Å². The van der Waals surface area contributed by atoms with Crippen LogP contribution in [-0.2, 0) is 9.59 Å². The minimum atomic E-state index is -0.326.